The fraction of sp³-hybridized carbons (Fsp3) is 0.407. The molecule has 0 aromatic heterocycles. The molecule has 1 fully saturated rings. The number of aliphatic hydroxyl groups excluding tert-OH is 1. The zero-order chi connectivity index (χ0) is 23.8. The number of carbonyl (C=O) groups is 2. The van der Waals surface area contributed by atoms with Gasteiger partial charge in [-0.25, -0.2) is 0 Å². The fourth-order valence-electron chi connectivity index (χ4n) is 4.34. The van der Waals surface area contributed by atoms with Gasteiger partial charge in [0.05, 0.1) is 12.1 Å². The summed E-state index contributed by atoms with van der Waals surface area (Å²) in [6.07, 6.45) is 7.74. The minimum absolute atomic E-state index is 0.00661. The van der Waals surface area contributed by atoms with Gasteiger partial charge in [0.25, 0.3) is 0 Å². The molecule has 33 heavy (non-hydrogen) atoms. The minimum Gasteiger partial charge on any atom is -0.481 e. The van der Waals surface area contributed by atoms with E-state index in [-0.39, 0.29) is 18.4 Å². The molecule has 2 aromatic rings. The molecule has 5 nitrogen and oxygen atoms in total. The second-order valence-electron chi connectivity index (χ2n) is 8.67. The topological polar surface area (TPSA) is 77.8 Å². The van der Waals surface area contributed by atoms with Crippen molar-refractivity contribution in [3.63, 3.8) is 0 Å². The summed E-state index contributed by atoms with van der Waals surface area (Å²) < 4.78 is 0. The molecule has 0 saturated carbocycles. The number of amides is 1. The van der Waals surface area contributed by atoms with Crippen molar-refractivity contribution < 1.29 is 19.8 Å². The number of aliphatic hydroxyl groups is 1. The Hall–Kier alpha value is -2.63. The Labute approximate surface area is 200 Å². The third-order valence-corrected chi connectivity index (χ3v) is 6.39. The van der Waals surface area contributed by atoms with Crippen LogP contribution in [0.4, 0.5) is 0 Å². The van der Waals surface area contributed by atoms with Gasteiger partial charge in [-0.2, -0.15) is 0 Å². The average molecular weight is 470 g/mol. The second kappa shape index (κ2) is 12.0. The van der Waals surface area contributed by atoms with Crippen molar-refractivity contribution in [3.05, 3.63) is 70.8 Å². The summed E-state index contributed by atoms with van der Waals surface area (Å²) in [6.45, 7) is 2.68. The van der Waals surface area contributed by atoms with E-state index in [1.807, 2.05) is 60.4 Å². The Morgan fingerprint density at radius 1 is 1.18 bits per heavy atom. The van der Waals surface area contributed by atoms with Crippen LogP contribution in [0.25, 0.3) is 11.1 Å². The molecule has 1 heterocycles. The molecular formula is C27H32ClNO4. The summed E-state index contributed by atoms with van der Waals surface area (Å²) in [5.41, 5.74) is 3.98. The van der Waals surface area contributed by atoms with Gasteiger partial charge in [-0.15, -0.1) is 0 Å². The van der Waals surface area contributed by atoms with Crippen LogP contribution in [0, 0.1) is 6.92 Å². The molecule has 0 bridgehead atoms. The molecule has 1 aliphatic rings. The predicted octanol–water partition coefficient (Wildman–Crippen LogP) is 5.93. The van der Waals surface area contributed by atoms with E-state index in [1.54, 1.807) is 6.08 Å². The Morgan fingerprint density at radius 2 is 1.97 bits per heavy atom. The van der Waals surface area contributed by atoms with E-state index in [2.05, 4.69) is 0 Å². The number of aryl methyl sites for hydroxylation is 1. The maximum absolute atomic E-state index is 12.3. The lowest BCUT2D eigenvalue weighted by molar-refractivity contribution is -0.137. The predicted molar refractivity (Wildman–Crippen MR) is 131 cm³/mol. The second-order valence-corrected chi connectivity index (χ2v) is 9.10. The smallest absolute Gasteiger partial charge is 0.303 e. The molecule has 2 atom stereocenters. The van der Waals surface area contributed by atoms with E-state index < -0.39 is 12.1 Å². The van der Waals surface area contributed by atoms with E-state index in [9.17, 15) is 14.7 Å². The quantitative estimate of drug-likeness (QED) is 0.315. The van der Waals surface area contributed by atoms with Crippen molar-refractivity contribution in [1.82, 2.24) is 4.90 Å². The first-order valence-electron chi connectivity index (χ1n) is 11.6. The first kappa shape index (κ1) is 25.0. The number of rotatable bonds is 11. The van der Waals surface area contributed by atoms with Crippen LogP contribution < -0.4 is 0 Å². The fourth-order valence-corrected chi connectivity index (χ4v) is 4.57. The number of unbranched alkanes of at least 4 members (excludes halogenated alkanes) is 3. The van der Waals surface area contributed by atoms with Crippen LogP contribution in [0.5, 0.6) is 0 Å². The maximum atomic E-state index is 12.3. The first-order valence-corrected chi connectivity index (χ1v) is 12.0. The maximum Gasteiger partial charge on any atom is 0.303 e. The van der Waals surface area contributed by atoms with Gasteiger partial charge in [0.1, 0.15) is 0 Å². The van der Waals surface area contributed by atoms with Crippen molar-refractivity contribution in [3.8, 4) is 11.1 Å². The highest BCUT2D eigenvalue weighted by molar-refractivity contribution is 6.30. The van der Waals surface area contributed by atoms with Gasteiger partial charge in [0.2, 0.25) is 5.91 Å². The van der Waals surface area contributed by atoms with Gasteiger partial charge in [-0.1, -0.05) is 60.9 Å². The number of halogens is 1. The Morgan fingerprint density at radius 3 is 2.73 bits per heavy atom. The summed E-state index contributed by atoms with van der Waals surface area (Å²) in [5.74, 6) is -0.618. The number of aliphatic carboxylic acids is 1. The molecule has 0 aliphatic carbocycles. The van der Waals surface area contributed by atoms with Crippen molar-refractivity contribution >= 4 is 23.5 Å². The number of carboxylic acid groups (broad SMARTS) is 1. The molecule has 1 unspecified atom stereocenters. The van der Waals surface area contributed by atoms with E-state index in [0.29, 0.717) is 24.4 Å². The minimum atomic E-state index is -0.762. The molecule has 1 aliphatic heterocycles. The van der Waals surface area contributed by atoms with Gasteiger partial charge in [0, 0.05) is 24.4 Å². The Balaban J connectivity index is 1.59. The van der Waals surface area contributed by atoms with Gasteiger partial charge >= 0.3 is 5.97 Å². The molecule has 1 saturated heterocycles. The summed E-state index contributed by atoms with van der Waals surface area (Å²) in [4.78, 5) is 24.8. The molecule has 3 rings (SSSR count). The number of hydrogen-bond acceptors (Lipinski definition) is 3. The normalized spacial score (nSPS) is 17.1. The number of carboxylic acids is 1. The van der Waals surface area contributed by atoms with Gasteiger partial charge in [0.15, 0.2) is 0 Å². The molecule has 0 spiro atoms. The highest BCUT2D eigenvalue weighted by Gasteiger charge is 2.28. The molecule has 176 valence electrons. The number of likely N-dealkylation sites (tertiary alicyclic amines) is 1. The van der Waals surface area contributed by atoms with Crippen LogP contribution in [0.3, 0.4) is 0 Å². The molecule has 1 amide bonds. The molecule has 6 heteroatoms. The number of carbonyl (C=O) groups excluding carboxylic acids is 1. The van der Waals surface area contributed by atoms with Crippen molar-refractivity contribution in [1.29, 1.82) is 0 Å². The largest absolute Gasteiger partial charge is 0.481 e. The third-order valence-electron chi connectivity index (χ3n) is 6.16. The van der Waals surface area contributed by atoms with Gasteiger partial charge in [-0.05, 0) is 66.6 Å². The van der Waals surface area contributed by atoms with Crippen LogP contribution in [0.15, 0.2) is 54.6 Å². The van der Waals surface area contributed by atoms with Crippen LogP contribution in [-0.2, 0) is 9.59 Å². The van der Waals surface area contributed by atoms with E-state index in [1.165, 1.54) is 0 Å². The van der Waals surface area contributed by atoms with E-state index >= 15 is 0 Å². The van der Waals surface area contributed by atoms with Gasteiger partial charge < -0.3 is 15.1 Å². The third kappa shape index (κ3) is 7.18. The Kier molecular flexibility index (Phi) is 9.10. The standard InChI is InChI=1S/C27H32ClNO4/c1-19-17-22(28)10-13-24(19)20-7-6-8-21(18-20)25(30)14-11-23-12-15-26(31)29(23)16-5-3-2-4-9-27(32)33/h6-8,10-11,13-14,17-18,23,25,30H,2-5,9,12,15-16H2,1H3,(H,32,33)/b14-11+/t23-,25?/m0/s1. The molecule has 0 radical (unpaired) electrons. The van der Waals surface area contributed by atoms with Crippen molar-refractivity contribution in [2.75, 3.05) is 6.54 Å². The van der Waals surface area contributed by atoms with Crippen molar-refractivity contribution in [2.45, 2.75) is 64.0 Å². The zero-order valence-corrected chi connectivity index (χ0v) is 19.8. The molecule has 2 aromatic carbocycles. The lowest BCUT2D eigenvalue weighted by atomic mass is 9.97. The zero-order valence-electron chi connectivity index (χ0n) is 19.0. The highest BCUT2D eigenvalue weighted by Crippen LogP contribution is 2.29. The summed E-state index contributed by atoms with van der Waals surface area (Å²) in [7, 11) is 0. The number of nitrogens with zero attached hydrogens (tertiary/aromatic N) is 1. The number of hydrogen-bond donors (Lipinski definition) is 2. The van der Waals surface area contributed by atoms with Crippen molar-refractivity contribution in [2.24, 2.45) is 0 Å². The van der Waals surface area contributed by atoms with E-state index in [4.69, 9.17) is 16.7 Å². The Bertz CT molecular complexity index is 1000. The lowest BCUT2D eigenvalue weighted by Crippen LogP contribution is -2.32. The summed E-state index contributed by atoms with van der Waals surface area (Å²) >= 11 is 6.08. The summed E-state index contributed by atoms with van der Waals surface area (Å²) in [5, 5.41) is 20.2. The number of benzene rings is 2. The first-order chi connectivity index (χ1) is 15.8. The van der Waals surface area contributed by atoms with Gasteiger partial charge in [-0.3, -0.25) is 9.59 Å². The van der Waals surface area contributed by atoms with Crippen LogP contribution in [0.2, 0.25) is 5.02 Å². The SMILES string of the molecule is Cc1cc(Cl)ccc1-c1cccc(C(O)/C=C/[C@H]2CCC(=O)N2CCCCCCC(=O)O)c1. The lowest BCUT2D eigenvalue weighted by Gasteiger charge is -2.22. The molecule has 2 N–H and O–H groups in total. The van der Waals surface area contributed by atoms with Crippen LogP contribution >= 0.6 is 11.6 Å². The average Bonchev–Trinajstić information content (AvgIpc) is 3.13. The highest BCUT2D eigenvalue weighted by atomic mass is 35.5. The molecular weight excluding hydrogens is 438 g/mol. The van der Waals surface area contributed by atoms with E-state index in [0.717, 1.165) is 47.9 Å². The van der Waals surface area contributed by atoms with Crippen LogP contribution in [-0.4, -0.2) is 39.6 Å². The monoisotopic (exact) mass is 469 g/mol. The summed E-state index contributed by atoms with van der Waals surface area (Å²) in [6, 6.07) is 13.6. The van der Waals surface area contributed by atoms with Crippen LogP contribution in [0.1, 0.15) is 62.2 Å².